The fourth-order valence-corrected chi connectivity index (χ4v) is 2.87. The van der Waals surface area contributed by atoms with Crippen LogP contribution in [0.15, 0.2) is 24.3 Å². The van der Waals surface area contributed by atoms with Crippen LogP contribution in [0.5, 0.6) is 0 Å². The number of nitrogens with zero attached hydrogens (tertiary/aromatic N) is 3. The number of aliphatic carboxylic acids is 1. The van der Waals surface area contributed by atoms with Crippen molar-refractivity contribution in [3.8, 4) is 0 Å². The van der Waals surface area contributed by atoms with Gasteiger partial charge in [-0.3, -0.25) is 9.59 Å². The van der Waals surface area contributed by atoms with Crippen LogP contribution in [-0.2, 0) is 21.9 Å². The summed E-state index contributed by atoms with van der Waals surface area (Å²) in [6.45, 7) is 1.95. The Morgan fingerprint density at radius 3 is 2.74 bits per heavy atom. The Bertz CT molecular complexity index is 714. The maximum atomic E-state index is 12.4. The van der Waals surface area contributed by atoms with Crippen LogP contribution in [0.25, 0.3) is 11.0 Å². The standard InChI is InChI=1S/C16H21N3O3S/c1-11(16(21)22)8-18(2)15(20)9-19-13-7-5-4-6-12(13)17-14(19)10-23-3/h4-7,11H,8-10H2,1-3H3,(H,21,22). The van der Waals surface area contributed by atoms with Crippen molar-refractivity contribution in [1.29, 1.82) is 0 Å². The summed E-state index contributed by atoms with van der Waals surface area (Å²) < 4.78 is 1.91. The van der Waals surface area contributed by atoms with Gasteiger partial charge in [0.05, 0.1) is 22.7 Å². The van der Waals surface area contributed by atoms with Crippen molar-refractivity contribution < 1.29 is 14.7 Å². The number of carbonyl (C=O) groups is 2. The highest BCUT2D eigenvalue weighted by molar-refractivity contribution is 7.97. The number of likely N-dealkylation sites (N-methyl/N-ethyl adjacent to an activating group) is 1. The van der Waals surface area contributed by atoms with Crippen LogP contribution in [0.3, 0.4) is 0 Å². The van der Waals surface area contributed by atoms with Gasteiger partial charge < -0.3 is 14.6 Å². The number of hydrogen-bond acceptors (Lipinski definition) is 4. The third-order valence-electron chi connectivity index (χ3n) is 3.70. The average Bonchev–Trinajstić information content (AvgIpc) is 2.85. The second-order valence-corrected chi connectivity index (χ2v) is 6.42. The molecule has 1 N–H and O–H groups in total. The quantitative estimate of drug-likeness (QED) is 0.838. The first-order valence-electron chi connectivity index (χ1n) is 7.34. The molecule has 2 aromatic rings. The van der Waals surface area contributed by atoms with Crippen LogP contribution in [0, 0.1) is 5.92 Å². The molecule has 1 amide bonds. The van der Waals surface area contributed by atoms with Crippen molar-refractivity contribution >= 4 is 34.7 Å². The van der Waals surface area contributed by atoms with E-state index in [0.717, 1.165) is 22.6 Å². The number of rotatable bonds is 7. The molecule has 0 saturated carbocycles. The number of carbonyl (C=O) groups excluding carboxylic acids is 1. The van der Waals surface area contributed by atoms with E-state index in [4.69, 9.17) is 5.11 Å². The van der Waals surface area contributed by atoms with E-state index in [1.165, 1.54) is 4.90 Å². The first kappa shape index (κ1) is 17.3. The van der Waals surface area contributed by atoms with Gasteiger partial charge in [-0.1, -0.05) is 19.1 Å². The van der Waals surface area contributed by atoms with E-state index in [0.29, 0.717) is 0 Å². The molecule has 1 atom stereocenters. The van der Waals surface area contributed by atoms with Gasteiger partial charge >= 0.3 is 5.97 Å². The lowest BCUT2D eigenvalue weighted by atomic mass is 10.2. The van der Waals surface area contributed by atoms with E-state index in [1.54, 1.807) is 25.7 Å². The van der Waals surface area contributed by atoms with Gasteiger partial charge in [0.2, 0.25) is 5.91 Å². The van der Waals surface area contributed by atoms with Crippen LogP contribution in [0.2, 0.25) is 0 Å². The van der Waals surface area contributed by atoms with Crippen molar-refractivity contribution in [2.24, 2.45) is 5.92 Å². The zero-order valence-electron chi connectivity index (χ0n) is 13.5. The molecule has 1 heterocycles. The average molecular weight is 335 g/mol. The number of para-hydroxylation sites is 2. The lowest BCUT2D eigenvalue weighted by Gasteiger charge is -2.20. The van der Waals surface area contributed by atoms with Gasteiger partial charge in [0.1, 0.15) is 12.4 Å². The minimum atomic E-state index is -0.902. The lowest BCUT2D eigenvalue weighted by Crippen LogP contribution is -2.36. The topological polar surface area (TPSA) is 75.4 Å². The van der Waals surface area contributed by atoms with Crippen LogP contribution in [0.4, 0.5) is 0 Å². The number of fused-ring (bicyclic) bond motifs is 1. The molecule has 6 nitrogen and oxygen atoms in total. The van der Waals surface area contributed by atoms with Crippen molar-refractivity contribution in [2.45, 2.75) is 19.2 Å². The van der Waals surface area contributed by atoms with Gasteiger partial charge in [0.15, 0.2) is 0 Å². The Hall–Kier alpha value is -2.02. The van der Waals surface area contributed by atoms with Crippen molar-refractivity contribution in [3.63, 3.8) is 0 Å². The number of carboxylic acids is 1. The van der Waals surface area contributed by atoms with Crippen LogP contribution in [0.1, 0.15) is 12.7 Å². The summed E-state index contributed by atoms with van der Waals surface area (Å²) in [5.74, 6) is -0.0395. The van der Waals surface area contributed by atoms with Gasteiger partial charge in [0.25, 0.3) is 0 Å². The molecular weight excluding hydrogens is 314 g/mol. The summed E-state index contributed by atoms with van der Waals surface area (Å²) >= 11 is 1.65. The van der Waals surface area contributed by atoms with E-state index in [2.05, 4.69) is 4.98 Å². The zero-order chi connectivity index (χ0) is 17.0. The van der Waals surface area contributed by atoms with Gasteiger partial charge in [-0.2, -0.15) is 11.8 Å². The van der Waals surface area contributed by atoms with E-state index in [9.17, 15) is 9.59 Å². The number of imidazole rings is 1. The third kappa shape index (κ3) is 4.04. The van der Waals surface area contributed by atoms with Crippen LogP contribution >= 0.6 is 11.8 Å². The summed E-state index contributed by atoms with van der Waals surface area (Å²) in [6, 6.07) is 7.71. The smallest absolute Gasteiger partial charge is 0.308 e. The second-order valence-electron chi connectivity index (χ2n) is 5.55. The molecule has 0 aliphatic heterocycles. The van der Waals surface area contributed by atoms with Gasteiger partial charge in [-0.15, -0.1) is 0 Å². The molecule has 2 rings (SSSR count). The third-order valence-corrected chi connectivity index (χ3v) is 4.24. The van der Waals surface area contributed by atoms with Gasteiger partial charge in [0, 0.05) is 13.6 Å². The molecule has 0 fully saturated rings. The molecule has 1 unspecified atom stereocenters. The molecule has 1 aromatic heterocycles. The molecule has 0 radical (unpaired) electrons. The number of carboxylic acid groups (broad SMARTS) is 1. The Labute approximate surface area is 139 Å². The van der Waals surface area contributed by atoms with E-state index in [-0.39, 0.29) is 19.0 Å². The van der Waals surface area contributed by atoms with Gasteiger partial charge in [-0.05, 0) is 18.4 Å². The van der Waals surface area contributed by atoms with Crippen LogP contribution in [-0.4, -0.2) is 51.3 Å². The molecule has 0 spiro atoms. The fraction of sp³-hybridized carbons (Fsp3) is 0.438. The Kier molecular flexibility index (Phi) is 5.65. The molecule has 7 heteroatoms. The zero-order valence-corrected chi connectivity index (χ0v) is 14.3. The second kappa shape index (κ2) is 7.50. The predicted molar refractivity (Wildman–Crippen MR) is 91.4 cm³/mol. The highest BCUT2D eigenvalue weighted by atomic mass is 32.2. The minimum Gasteiger partial charge on any atom is -0.481 e. The maximum Gasteiger partial charge on any atom is 0.308 e. The van der Waals surface area contributed by atoms with E-state index < -0.39 is 11.9 Å². The molecule has 0 bridgehead atoms. The number of aromatic nitrogens is 2. The summed E-state index contributed by atoms with van der Waals surface area (Å²) in [5.41, 5.74) is 1.79. The Morgan fingerprint density at radius 2 is 2.09 bits per heavy atom. The summed E-state index contributed by atoms with van der Waals surface area (Å²) in [7, 11) is 1.63. The SMILES string of the molecule is CSCc1nc2ccccc2n1CC(=O)N(C)CC(C)C(=O)O. The highest BCUT2D eigenvalue weighted by Gasteiger charge is 2.19. The molecule has 1 aromatic carbocycles. The monoisotopic (exact) mass is 335 g/mol. The largest absolute Gasteiger partial charge is 0.481 e. The number of benzene rings is 1. The first-order chi connectivity index (χ1) is 10.9. The normalized spacial score (nSPS) is 12.3. The van der Waals surface area contributed by atoms with Crippen molar-refractivity contribution in [1.82, 2.24) is 14.5 Å². The van der Waals surface area contributed by atoms with E-state index >= 15 is 0 Å². The summed E-state index contributed by atoms with van der Waals surface area (Å²) in [4.78, 5) is 29.4. The van der Waals surface area contributed by atoms with Gasteiger partial charge in [-0.25, -0.2) is 4.98 Å². The summed E-state index contributed by atoms with van der Waals surface area (Å²) in [5, 5.41) is 8.97. The molecule has 23 heavy (non-hydrogen) atoms. The van der Waals surface area contributed by atoms with Crippen molar-refractivity contribution in [2.75, 3.05) is 19.8 Å². The first-order valence-corrected chi connectivity index (χ1v) is 8.73. The molecule has 0 aliphatic rings. The molecule has 0 aliphatic carbocycles. The number of hydrogen-bond donors (Lipinski definition) is 1. The highest BCUT2D eigenvalue weighted by Crippen LogP contribution is 2.19. The molecule has 124 valence electrons. The Morgan fingerprint density at radius 1 is 1.39 bits per heavy atom. The lowest BCUT2D eigenvalue weighted by molar-refractivity contribution is -0.142. The number of thioether (sulfide) groups is 1. The molecular formula is C16H21N3O3S. The molecule has 0 saturated heterocycles. The minimum absolute atomic E-state index is 0.122. The summed E-state index contributed by atoms with van der Waals surface area (Å²) in [6.07, 6.45) is 1.99. The Balaban J connectivity index is 2.21. The van der Waals surface area contributed by atoms with Crippen molar-refractivity contribution in [3.05, 3.63) is 30.1 Å². The number of amides is 1. The fourth-order valence-electron chi connectivity index (χ4n) is 2.39. The van der Waals surface area contributed by atoms with Crippen LogP contribution < -0.4 is 0 Å². The predicted octanol–water partition coefficient (Wildman–Crippen LogP) is 2.08. The maximum absolute atomic E-state index is 12.4. The van der Waals surface area contributed by atoms with E-state index in [1.807, 2.05) is 35.1 Å².